The van der Waals surface area contributed by atoms with Crippen LogP contribution in [0.5, 0.6) is 5.75 Å². The summed E-state index contributed by atoms with van der Waals surface area (Å²) in [6.07, 6.45) is 3.82. The number of nitrogens with zero attached hydrogens (tertiary/aromatic N) is 3. The zero-order valence-corrected chi connectivity index (χ0v) is 20.9. The fraction of sp³-hybridized carbons (Fsp3) is 0.300. The van der Waals surface area contributed by atoms with E-state index in [2.05, 4.69) is 28.3 Å². The molecule has 1 N–H and O–H groups in total. The predicted molar refractivity (Wildman–Crippen MR) is 143 cm³/mol. The minimum Gasteiger partial charge on any atom is -0.494 e. The highest BCUT2D eigenvalue weighted by molar-refractivity contribution is 6.07. The van der Waals surface area contributed by atoms with E-state index < -0.39 is 0 Å². The Morgan fingerprint density at radius 1 is 1.06 bits per heavy atom. The summed E-state index contributed by atoms with van der Waals surface area (Å²) >= 11 is 0. The molecule has 4 aromatic rings. The zero-order chi connectivity index (χ0) is 24.9. The largest absolute Gasteiger partial charge is 0.494 e. The van der Waals surface area contributed by atoms with E-state index in [1.165, 1.54) is 0 Å². The monoisotopic (exact) mass is 480 g/mol. The Morgan fingerprint density at radius 3 is 2.58 bits per heavy atom. The number of para-hydroxylation sites is 1. The molecule has 1 aliphatic carbocycles. The first kappa shape index (κ1) is 23.9. The molecule has 1 amide bonds. The van der Waals surface area contributed by atoms with Gasteiger partial charge in [-0.1, -0.05) is 24.3 Å². The van der Waals surface area contributed by atoms with Gasteiger partial charge in [-0.2, -0.15) is 0 Å². The molecule has 0 spiro atoms. The Labute approximate surface area is 212 Å². The van der Waals surface area contributed by atoms with Gasteiger partial charge in [0.2, 0.25) is 0 Å². The fourth-order valence-electron chi connectivity index (χ4n) is 4.94. The molecule has 0 bridgehead atoms. The summed E-state index contributed by atoms with van der Waals surface area (Å²) in [4.78, 5) is 24.9. The number of nitrogens with one attached hydrogen (secondary N) is 1. The number of rotatable bonds is 9. The van der Waals surface area contributed by atoms with Crippen molar-refractivity contribution in [3.05, 3.63) is 90.3 Å². The Hall–Kier alpha value is -3.77. The lowest BCUT2D eigenvalue weighted by Gasteiger charge is -2.38. The van der Waals surface area contributed by atoms with Crippen LogP contribution >= 0.6 is 0 Å². The molecule has 5 rings (SSSR count). The van der Waals surface area contributed by atoms with Gasteiger partial charge in [0.15, 0.2) is 0 Å². The first-order chi connectivity index (χ1) is 17.6. The minimum absolute atomic E-state index is 0.0360. The van der Waals surface area contributed by atoms with E-state index >= 15 is 0 Å². The number of pyridine rings is 2. The molecule has 1 saturated carbocycles. The van der Waals surface area contributed by atoms with Gasteiger partial charge in [0.25, 0.3) is 5.91 Å². The summed E-state index contributed by atoms with van der Waals surface area (Å²) in [6.45, 7) is 4.43. The van der Waals surface area contributed by atoms with Crippen LogP contribution in [0.3, 0.4) is 0 Å². The highest BCUT2D eigenvalue weighted by Gasteiger charge is 2.31. The van der Waals surface area contributed by atoms with Gasteiger partial charge in [-0.15, -0.1) is 0 Å². The second-order valence-electron chi connectivity index (χ2n) is 9.56. The van der Waals surface area contributed by atoms with Gasteiger partial charge in [-0.05, 0) is 81.3 Å². The molecular formula is C30H32N4O2. The van der Waals surface area contributed by atoms with Crippen molar-refractivity contribution >= 4 is 16.8 Å². The first-order valence-electron chi connectivity index (χ1n) is 12.6. The molecule has 6 heteroatoms. The van der Waals surface area contributed by atoms with E-state index in [4.69, 9.17) is 9.72 Å². The number of carbonyl (C=O) groups excluding carboxylic acids is 1. The molecule has 2 aromatic carbocycles. The number of ether oxygens (including phenoxy) is 1. The van der Waals surface area contributed by atoms with Crippen molar-refractivity contribution < 1.29 is 9.53 Å². The summed E-state index contributed by atoms with van der Waals surface area (Å²) in [5.41, 5.74) is 4.30. The van der Waals surface area contributed by atoms with Gasteiger partial charge in [-0.3, -0.25) is 9.78 Å². The van der Waals surface area contributed by atoms with Crippen LogP contribution in [0.1, 0.15) is 35.8 Å². The number of benzene rings is 2. The maximum absolute atomic E-state index is 13.4. The standard InChI is InChI=1S/C30H32N4O2/c1-3-36-25-13-11-22(12-14-25)29-18-27(26-9-4-5-10-28(26)33-29)30(35)32-24-16-21(17-24)19-34(2)20-23-8-6-7-15-31-23/h4-15,18,21,24H,3,16-17,19-20H2,1-2H3,(H,32,35). The van der Waals surface area contributed by atoms with Crippen molar-refractivity contribution in [2.45, 2.75) is 32.4 Å². The molecule has 0 unspecified atom stereocenters. The van der Waals surface area contributed by atoms with Gasteiger partial charge >= 0.3 is 0 Å². The quantitative estimate of drug-likeness (QED) is 0.350. The number of hydrogen-bond acceptors (Lipinski definition) is 5. The average Bonchev–Trinajstić information content (AvgIpc) is 2.88. The number of hydrogen-bond donors (Lipinski definition) is 1. The van der Waals surface area contributed by atoms with Crippen LogP contribution in [0.4, 0.5) is 0 Å². The third-order valence-corrected chi connectivity index (χ3v) is 6.72. The van der Waals surface area contributed by atoms with Crippen molar-refractivity contribution in [1.82, 2.24) is 20.2 Å². The summed E-state index contributed by atoms with van der Waals surface area (Å²) < 4.78 is 5.56. The third kappa shape index (κ3) is 5.55. The fourth-order valence-corrected chi connectivity index (χ4v) is 4.94. The Balaban J connectivity index is 1.25. The van der Waals surface area contributed by atoms with E-state index in [9.17, 15) is 4.79 Å². The van der Waals surface area contributed by atoms with E-state index in [0.717, 1.165) is 59.5 Å². The summed E-state index contributed by atoms with van der Waals surface area (Å²) in [7, 11) is 2.13. The molecule has 0 saturated heterocycles. The number of carbonyl (C=O) groups is 1. The second-order valence-corrected chi connectivity index (χ2v) is 9.56. The third-order valence-electron chi connectivity index (χ3n) is 6.72. The maximum Gasteiger partial charge on any atom is 0.252 e. The van der Waals surface area contributed by atoms with E-state index in [0.29, 0.717) is 18.1 Å². The van der Waals surface area contributed by atoms with Crippen LogP contribution in [-0.2, 0) is 6.54 Å². The Kier molecular flexibility index (Phi) is 7.23. The molecular weight excluding hydrogens is 448 g/mol. The molecule has 0 aliphatic heterocycles. The second kappa shape index (κ2) is 10.9. The van der Waals surface area contributed by atoms with Gasteiger partial charge in [0, 0.05) is 36.3 Å². The van der Waals surface area contributed by atoms with Gasteiger partial charge in [0.05, 0.1) is 29.1 Å². The average molecular weight is 481 g/mol. The van der Waals surface area contributed by atoms with E-state index in [1.54, 1.807) is 0 Å². The van der Waals surface area contributed by atoms with Gasteiger partial charge in [-0.25, -0.2) is 4.98 Å². The van der Waals surface area contributed by atoms with Crippen molar-refractivity contribution in [2.24, 2.45) is 5.92 Å². The highest BCUT2D eigenvalue weighted by atomic mass is 16.5. The van der Waals surface area contributed by atoms with Crippen LogP contribution in [0.25, 0.3) is 22.2 Å². The minimum atomic E-state index is -0.0360. The van der Waals surface area contributed by atoms with E-state index in [1.807, 2.05) is 79.9 Å². The zero-order valence-electron chi connectivity index (χ0n) is 20.9. The summed E-state index contributed by atoms with van der Waals surface area (Å²) in [5, 5.41) is 4.14. The number of fused-ring (bicyclic) bond motifs is 1. The van der Waals surface area contributed by atoms with Crippen molar-refractivity contribution in [1.29, 1.82) is 0 Å². The normalized spacial score (nSPS) is 17.1. The molecule has 2 heterocycles. The smallest absolute Gasteiger partial charge is 0.252 e. The van der Waals surface area contributed by atoms with Crippen LogP contribution in [0.2, 0.25) is 0 Å². The SMILES string of the molecule is CCOc1ccc(-c2cc(C(=O)NC3CC(CN(C)Cc4ccccn4)C3)c3ccccc3n2)cc1. The molecule has 6 nitrogen and oxygen atoms in total. The van der Waals surface area contributed by atoms with Crippen LogP contribution in [0.15, 0.2) is 79.0 Å². The molecule has 36 heavy (non-hydrogen) atoms. The lowest BCUT2D eigenvalue weighted by Crippen LogP contribution is -2.47. The number of aromatic nitrogens is 2. The van der Waals surface area contributed by atoms with Gasteiger partial charge < -0.3 is 15.0 Å². The number of amides is 1. The lowest BCUT2D eigenvalue weighted by molar-refractivity contribution is 0.0868. The highest BCUT2D eigenvalue weighted by Crippen LogP contribution is 2.30. The lowest BCUT2D eigenvalue weighted by atomic mass is 9.79. The molecule has 1 aliphatic rings. The molecule has 184 valence electrons. The predicted octanol–water partition coefficient (Wildman–Crippen LogP) is 5.34. The van der Waals surface area contributed by atoms with Crippen molar-refractivity contribution in [3.8, 4) is 17.0 Å². The summed E-state index contributed by atoms with van der Waals surface area (Å²) in [5.74, 6) is 1.37. The van der Waals surface area contributed by atoms with Crippen LogP contribution in [0, 0.1) is 5.92 Å². The summed E-state index contributed by atoms with van der Waals surface area (Å²) in [6, 6.07) is 23.8. The molecule has 2 aromatic heterocycles. The maximum atomic E-state index is 13.4. The first-order valence-corrected chi connectivity index (χ1v) is 12.6. The van der Waals surface area contributed by atoms with Crippen LogP contribution < -0.4 is 10.1 Å². The molecule has 0 atom stereocenters. The Morgan fingerprint density at radius 2 is 1.83 bits per heavy atom. The van der Waals surface area contributed by atoms with Gasteiger partial charge in [0.1, 0.15) is 5.75 Å². The van der Waals surface area contributed by atoms with Crippen molar-refractivity contribution in [2.75, 3.05) is 20.2 Å². The van der Waals surface area contributed by atoms with Crippen LogP contribution in [-0.4, -0.2) is 47.0 Å². The van der Waals surface area contributed by atoms with Crippen molar-refractivity contribution in [3.63, 3.8) is 0 Å². The Bertz CT molecular complexity index is 1320. The topological polar surface area (TPSA) is 67.3 Å². The van der Waals surface area contributed by atoms with E-state index in [-0.39, 0.29) is 11.9 Å². The molecule has 0 radical (unpaired) electrons. The molecule has 1 fully saturated rings.